The monoisotopic (exact) mass is 191 g/mol. The zero-order chi connectivity index (χ0) is 9.97. The average Bonchev–Trinajstić information content (AvgIpc) is 2.59. The van der Waals surface area contributed by atoms with Crippen LogP contribution in [0.2, 0.25) is 0 Å². The van der Waals surface area contributed by atoms with Crippen molar-refractivity contribution in [2.45, 2.75) is 25.9 Å². The summed E-state index contributed by atoms with van der Waals surface area (Å²) in [7, 11) is 0. The normalized spacial score (nSPS) is 13.3. The van der Waals surface area contributed by atoms with Crippen molar-refractivity contribution in [1.29, 1.82) is 0 Å². The lowest BCUT2D eigenvalue weighted by molar-refractivity contribution is 0.162. The second-order valence-corrected chi connectivity index (χ2v) is 3.34. The fourth-order valence-corrected chi connectivity index (χ4v) is 1.35. The first-order valence-electron chi connectivity index (χ1n) is 4.82. The summed E-state index contributed by atoms with van der Waals surface area (Å²) in [6, 6.07) is 7.61. The number of rotatable bonds is 3. The van der Waals surface area contributed by atoms with Gasteiger partial charge in [0.15, 0.2) is 11.5 Å². The Balaban J connectivity index is 2.27. The molecule has 1 unspecified atom stereocenters. The number of hydrogen-bond donors (Lipinski definition) is 1. The number of nitrogens with zero attached hydrogens (tertiary/aromatic N) is 1. The van der Waals surface area contributed by atoms with Crippen LogP contribution in [-0.4, -0.2) is 16.2 Å². The molecule has 1 atom stereocenters. The lowest BCUT2D eigenvalue weighted by Crippen LogP contribution is -2.08. The second-order valence-electron chi connectivity index (χ2n) is 3.34. The molecular weight excluding hydrogens is 178 g/mol. The SMILES string of the molecule is CCC(O)Cc1nc2ccccc2o1. The van der Waals surface area contributed by atoms with Gasteiger partial charge in [-0.2, -0.15) is 0 Å². The first-order valence-corrected chi connectivity index (χ1v) is 4.82. The summed E-state index contributed by atoms with van der Waals surface area (Å²) >= 11 is 0. The van der Waals surface area contributed by atoms with E-state index in [2.05, 4.69) is 4.98 Å². The molecule has 3 nitrogen and oxygen atoms in total. The van der Waals surface area contributed by atoms with Crippen LogP contribution in [0.15, 0.2) is 28.7 Å². The molecule has 0 spiro atoms. The number of benzene rings is 1. The number of fused-ring (bicyclic) bond motifs is 1. The van der Waals surface area contributed by atoms with E-state index < -0.39 is 0 Å². The van der Waals surface area contributed by atoms with E-state index in [1.165, 1.54) is 0 Å². The first kappa shape index (κ1) is 9.21. The van der Waals surface area contributed by atoms with Gasteiger partial charge in [-0.15, -0.1) is 0 Å². The molecule has 0 radical (unpaired) electrons. The molecule has 0 amide bonds. The summed E-state index contributed by atoms with van der Waals surface area (Å²) in [5, 5.41) is 9.44. The van der Waals surface area contributed by atoms with E-state index in [9.17, 15) is 5.11 Å². The Bertz CT molecular complexity index is 389. The molecule has 2 aromatic rings. The Labute approximate surface area is 82.4 Å². The van der Waals surface area contributed by atoms with Crippen molar-refractivity contribution in [3.05, 3.63) is 30.2 Å². The molecule has 0 fully saturated rings. The predicted molar refractivity (Wildman–Crippen MR) is 54.0 cm³/mol. The zero-order valence-electron chi connectivity index (χ0n) is 8.10. The third kappa shape index (κ3) is 1.77. The zero-order valence-corrected chi connectivity index (χ0v) is 8.10. The number of hydrogen-bond acceptors (Lipinski definition) is 3. The molecule has 1 aromatic carbocycles. The molecule has 3 heteroatoms. The molecular formula is C11H13NO2. The van der Waals surface area contributed by atoms with Gasteiger partial charge in [-0.25, -0.2) is 4.98 Å². The van der Waals surface area contributed by atoms with Crippen LogP contribution in [0.3, 0.4) is 0 Å². The van der Waals surface area contributed by atoms with E-state index in [-0.39, 0.29) is 6.10 Å². The minimum absolute atomic E-state index is 0.358. The van der Waals surface area contributed by atoms with Crippen molar-refractivity contribution in [2.75, 3.05) is 0 Å². The topological polar surface area (TPSA) is 46.3 Å². The highest BCUT2D eigenvalue weighted by Crippen LogP contribution is 2.16. The largest absolute Gasteiger partial charge is 0.441 e. The van der Waals surface area contributed by atoms with E-state index in [1.807, 2.05) is 31.2 Å². The molecule has 0 aliphatic heterocycles. The Morgan fingerprint density at radius 3 is 2.93 bits per heavy atom. The lowest BCUT2D eigenvalue weighted by Gasteiger charge is -2.01. The van der Waals surface area contributed by atoms with Gasteiger partial charge in [-0.1, -0.05) is 19.1 Å². The van der Waals surface area contributed by atoms with E-state index in [4.69, 9.17) is 4.42 Å². The predicted octanol–water partition coefficient (Wildman–Crippen LogP) is 2.14. The standard InChI is InChI=1S/C11H13NO2/c1-2-8(13)7-11-12-9-5-3-4-6-10(9)14-11/h3-6,8,13H,2,7H2,1H3. The maximum absolute atomic E-state index is 9.44. The van der Waals surface area contributed by atoms with Gasteiger partial charge in [-0.05, 0) is 18.6 Å². The number of oxazole rings is 1. The fourth-order valence-electron chi connectivity index (χ4n) is 1.35. The summed E-state index contributed by atoms with van der Waals surface area (Å²) in [6.07, 6.45) is 0.854. The van der Waals surface area contributed by atoms with Crippen LogP contribution in [0.1, 0.15) is 19.2 Å². The molecule has 1 heterocycles. The van der Waals surface area contributed by atoms with Crippen molar-refractivity contribution >= 4 is 11.1 Å². The van der Waals surface area contributed by atoms with Gasteiger partial charge in [0, 0.05) is 0 Å². The summed E-state index contributed by atoms with van der Waals surface area (Å²) in [5.41, 5.74) is 1.64. The highest BCUT2D eigenvalue weighted by molar-refractivity contribution is 5.72. The van der Waals surface area contributed by atoms with Crippen LogP contribution < -0.4 is 0 Å². The minimum atomic E-state index is -0.358. The molecule has 74 valence electrons. The van der Waals surface area contributed by atoms with Crippen LogP contribution >= 0.6 is 0 Å². The smallest absolute Gasteiger partial charge is 0.198 e. The fraction of sp³-hybridized carbons (Fsp3) is 0.364. The van der Waals surface area contributed by atoms with Crippen molar-refractivity contribution in [3.63, 3.8) is 0 Å². The third-order valence-electron chi connectivity index (χ3n) is 2.22. The van der Waals surface area contributed by atoms with Crippen LogP contribution in [-0.2, 0) is 6.42 Å². The molecule has 1 aromatic heterocycles. The van der Waals surface area contributed by atoms with E-state index in [1.54, 1.807) is 0 Å². The maximum Gasteiger partial charge on any atom is 0.198 e. The second kappa shape index (κ2) is 3.80. The summed E-state index contributed by atoms with van der Waals surface area (Å²) in [5.74, 6) is 0.612. The van der Waals surface area contributed by atoms with Crippen molar-refractivity contribution in [2.24, 2.45) is 0 Å². The number of aromatic nitrogens is 1. The van der Waals surface area contributed by atoms with Crippen molar-refractivity contribution < 1.29 is 9.52 Å². The lowest BCUT2D eigenvalue weighted by atomic mass is 10.2. The first-order chi connectivity index (χ1) is 6.79. The molecule has 1 N–H and O–H groups in total. The molecule has 0 aliphatic rings. The van der Waals surface area contributed by atoms with Gasteiger partial charge in [0.25, 0.3) is 0 Å². The van der Waals surface area contributed by atoms with Crippen LogP contribution in [0.5, 0.6) is 0 Å². The molecule has 14 heavy (non-hydrogen) atoms. The number of para-hydroxylation sites is 2. The summed E-state index contributed by atoms with van der Waals surface area (Å²) in [4.78, 5) is 4.27. The summed E-state index contributed by atoms with van der Waals surface area (Å²) in [6.45, 7) is 1.94. The minimum Gasteiger partial charge on any atom is -0.441 e. The molecule has 0 aliphatic carbocycles. The highest BCUT2D eigenvalue weighted by Gasteiger charge is 2.09. The van der Waals surface area contributed by atoms with E-state index in [0.29, 0.717) is 12.3 Å². The van der Waals surface area contributed by atoms with Gasteiger partial charge in [0.2, 0.25) is 0 Å². The van der Waals surface area contributed by atoms with Gasteiger partial charge in [-0.3, -0.25) is 0 Å². The van der Waals surface area contributed by atoms with Crippen molar-refractivity contribution in [1.82, 2.24) is 4.98 Å². The van der Waals surface area contributed by atoms with Gasteiger partial charge in [0.05, 0.1) is 12.5 Å². The maximum atomic E-state index is 9.44. The van der Waals surface area contributed by atoms with Gasteiger partial charge < -0.3 is 9.52 Å². The van der Waals surface area contributed by atoms with Gasteiger partial charge in [0.1, 0.15) is 5.52 Å². The van der Waals surface area contributed by atoms with E-state index >= 15 is 0 Å². The quantitative estimate of drug-likeness (QED) is 0.808. The Hall–Kier alpha value is -1.35. The Morgan fingerprint density at radius 1 is 1.43 bits per heavy atom. The number of aliphatic hydroxyl groups is 1. The third-order valence-corrected chi connectivity index (χ3v) is 2.22. The van der Waals surface area contributed by atoms with Crippen molar-refractivity contribution in [3.8, 4) is 0 Å². The van der Waals surface area contributed by atoms with Crippen LogP contribution in [0, 0.1) is 0 Å². The number of aliphatic hydroxyl groups excluding tert-OH is 1. The Morgan fingerprint density at radius 2 is 2.21 bits per heavy atom. The molecule has 0 saturated heterocycles. The molecule has 0 bridgehead atoms. The Kier molecular flexibility index (Phi) is 2.50. The van der Waals surface area contributed by atoms with Crippen LogP contribution in [0.4, 0.5) is 0 Å². The summed E-state index contributed by atoms with van der Waals surface area (Å²) < 4.78 is 5.47. The van der Waals surface area contributed by atoms with Gasteiger partial charge >= 0.3 is 0 Å². The highest BCUT2D eigenvalue weighted by atomic mass is 16.4. The van der Waals surface area contributed by atoms with Crippen LogP contribution in [0.25, 0.3) is 11.1 Å². The van der Waals surface area contributed by atoms with E-state index in [0.717, 1.165) is 17.5 Å². The molecule has 2 rings (SSSR count). The average molecular weight is 191 g/mol. The molecule has 0 saturated carbocycles.